The van der Waals surface area contributed by atoms with Crippen molar-refractivity contribution in [2.45, 2.75) is 51.2 Å². The fourth-order valence-corrected chi connectivity index (χ4v) is 2.92. The van der Waals surface area contributed by atoms with Crippen LogP contribution in [-0.2, 0) is 0 Å². The number of dihydropyridines is 1. The minimum atomic E-state index is 0.393. The van der Waals surface area contributed by atoms with Crippen molar-refractivity contribution < 1.29 is 0 Å². The lowest BCUT2D eigenvalue weighted by Crippen LogP contribution is -2.50. The molecule has 4 N–H and O–H groups in total. The normalized spacial score (nSPS) is 25.7. The second kappa shape index (κ2) is 8.45. The van der Waals surface area contributed by atoms with Crippen molar-refractivity contribution in [1.82, 2.24) is 21.3 Å². The van der Waals surface area contributed by atoms with E-state index in [1.165, 1.54) is 31.5 Å². The van der Waals surface area contributed by atoms with E-state index in [-0.39, 0.29) is 0 Å². The van der Waals surface area contributed by atoms with E-state index in [4.69, 9.17) is 0 Å². The van der Waals surface area contributed by atoms with Gasteiger partial charge in [0.15, 0.2) is 0 Å². The fraction of sp³-hybridized carbons (Fsp3) is 0.750. The molecule has 1 fully saturated rings. The molecule has 0 bridgehead atoms. The lowest BCUT2D eigenvalue weighted by Gasteiger charge is -2.30. The van der Waals surface area contributed by atoms with Gasteiger partial charge in [-0.25, -0.2) is 0 Å². The predicted molar refractivity (Wildman–Crippen MR) is 85.8 cm³/mol. The molecule has 0 spiro atoms. The van der Waals surface area contributed by atoms with Crippen LogP contribution >= 0.6 is 0 Å². The Hall–Kier alpha value is -0.840. The van der Waals surface area contributed by atoms with Crippen molar-refractivity contribution in [3.63, 3.8) is 0 Å². The molecule has 114 valence electrons. The number of allylic oxidation sites excluding steroid dienone is 2. The van der Waals surface area contributed by atoms with Gasteiger partial charge in [-0.3, -0.25) is 0 Å². The van der Waals surface area contributed by atoms with E-state index in [0.717, 1.165) is 19.6 Å². The monoisotopic (exact) mass is 278 g/mol. The Bertz CT molecular complexity index is 331. The first kappa shape index (κ1) is 15.5. The molecule has 0 radical (unpaired) electrons. The molecule has 3 atom stereocenters. The van der Waals surface area contributed by atoms with E-state index < -0.39 is 0 Å². The summed E-state index contributed by atoms with van der Waals surface area (Å²) >= 11 is 0. The van der Waals surface area contributed by atoms with Gasteiger partial charge in [-0.05, 0) is 39.3 Å². The maximum Gasteiger partial charge on any atom is 0.0441 e. The quantitative estimate of drug-likeness (QED) is 0.527. The molecule has 0 aromatic carbocycles. The molecule has 3 unspecified atom stereocenters. The zero-order chi connectivity index (χ0) is 14.2. The zero-order valence-corrected chi connectivity index (χ0v) is 12.9. The summed E-state index contributed by atoms with van der Waals surface area (Å²) in [5.74, 6) is 0. The smallest absolute Gasteiger partial charge is 0.0441 e. The van der Waals surface area contributed by atoms with Crippen molar-refractivity contribution in [3.05, 3.63) is 23.9 Å². The standard InChI is InChI=1S/C16H30N4/c1-13(15-7-3-5-9-19-15)17-11-12-18-14(2)16-8-4-6-10-20-16/h3,5,7,13-14,16-20H,4,6,8-12H2,1-2H3. The van der Waals surface area contributed by atoms with Crippen molar-refractivity contribution in [2.75, 3.05) is 26.2 Å². The van der Waals surface area contributed by atoms with Crippen LogP contribution in [0.1, 0.15) is 33.1 Å². The van der Waals surface area contributed by atoms with E-state index in [9.17, 15) is 0 Å². The number of rotatable bonds is 7. The molecule has 0 amide bonds. The molecule has 0 aromatic heterocycles. The van der Waals surface area contributed by atoms with E-state index in [1.54, 1.807) is 0 Å². The molecule has 0 aliphatic carbocycles. The molecule has 0 aromatic rings. The van der Waals surface area contributed by atoms with Gasteiger partial charge >= 0.3 is 0 Å². The third-order valence-corrected chi connectivity index (χ3v) is 4.30. The van der Waals surface area contributed by atoms with Crippen molar-refractivity contribution in [3.8, 4) is 0 Å². The molecule has 20 heavy (non-hydrogen) atoms. The van der Waals surface area contributed by atoms with Crippen LogP contribution in [0, 0.1) is 0 Å². The summed E-state index contributed by atoms with van der Waals surface area (Å²) in [5, 5.41) is 14.2. The van der Waals surface area contributed by atoms with Gasteiger partial charge in [-0.15, -0.1) is 0 Å². The highest BCUT2D eigenvalue weighted by atomic mass is 15.1. The highest BCUT2D eigenvalue weighted by Crippen LogP contribution is 2.09. The first-order valence-electron chi connectivity index (χ1n) is 8.08. The second-order valence-electron chi connectivity index (χ2n) is 5.91. The van der Waals surface area contributed by atoms with Gasteiger partial charge in [0.1, 0.15) is 0 Å². The number of hydrogen-bond acceptors (Lipinski definition) is 4. The molecule has 2 rings (SSSR count). The van der Waals surface area contributed by atoms with Gasteiger partial charge in [-0.2, -0.15) is 0 Å². The summed E-state index contributed by atoms with van der Waals surface area (Å²) < 4.78 is 0. The average molecular weight is 278 g/mol. The third kappa shape index (κ3) is 4.93. The Morgan fingerprint density at radius 3 is 2.80 bits per heavy atom. The average Bonchev–Trinajstić information content (AvgIpc) is 2.53. The van der Waals surface area contributed by atoms with Crippen molar-refractivity contribution in [2.24, 2.45) is 0 Å². The van der Waals surface area contributed by atoms with Crippen LogP contribution in [0.4, 0.5) is 0 Å². The lowest BCUT2D eigenvalue weighted by atomic mass is 9.99. The van der Waals surface area contributed by atoms with Gasteiger partial charge in [0.2, 0.25) is 0 Å². The summed E-state index contributed by atoms with van der Waals surface area (Å²) in [4.78, 5) is 0. The molecule has 4 heteroatoms. The summed E-state index contributed by atoms with van der Waals surface area (Å²) in [6.07, 6.45) is 10.4. The Kier molecular flexibility index (Phi) is 6.57. The highest BCUT2D eigenvalue weighted by molar-refractivity contribution is 5.20. The largest absolute Gasteiger partial charge is 0.384 e. The predicted octanol–water partition coefficient (Wildman–Crippen LogP) is 1.13. The van der Waals surface area contributed by atoms with E-state index >= 15 is 0 Å². The molecule has 2 aliphatic heterocycles. The first-order chi connectivity index (χ1) is 9.77. The van der Waals surface area contributed by atoms with Crippen LogP contribution in [0.25, 0.3) is 0 Å². The van der Waals surface area contributed by atoms with Crippen LogP contribution in [0.3, 0.4) is 0 Å². The van der Waals surface area contributed by atoms with Crippen LogP contribution in [0.2, 0.25) is 0 Å². The SMILES string of the molecule is CC(NCCNC(C)C1CCCCN1)C1=CC=CCN1. The molecule has 1 saturated heterocycles. The fourth-order valence-electron chi connectivity index (χ4n) is 2.92. The van der Waals surface area contributed by atoms with Gasteiger partial charge < -0.3 is 21.3 Å². The number of piperidine rings is 1. The minimum absolute atomic E-state index is 0.393. The Labute approximate surface area is 123 Å². The first-order valence-corrected chi connectivity index (χ1v) is 8.08. The van der Waals surface area contributed by atoms with Gasteiger partial charge in [0, 0.05) is 43.5 Å². The van der Waals surface area contributed by atoms with E-state index in [0.29, 0.717) is 18.1 Å². The van der Waals surface area contributed by atoms with E-state index in [2.05, 4.69) is 53.3 Å². The maximum atomic E-state index is 3.63. The number of hydrogen-bond donors (Lipinski definition) is 4. The van der Waals surface area contributed by atoms with Gasteiger partial charge in [-0.1, -0.05) is 18.6 Å². The summed E-state index contributed by atoms with van der Waals surface area (Å²) in [6.45, 7) is 8.65. The van der Waals surface area contributed by atoms with Crippen LogP contribution in [0.5, 0.6) is 0 Å². The second-order valence-corrected chi connectivity index (χ2v) is 5.91. The Morgan fingerprint density at radius 2 is 2.10 bits per heavy atom. The van der Waals surface area contributed by atoms with Gasteiger partial charge in [0.05, 0.1) is 0 Å². The van der Waals surface area contributed by atoms with Gasteiger partial charge in [0.25, 0.3) is 0 Å². The Balaban J connectivity index is 1.58. The van der Waals surface area contributed by atoms with Crippen molar-refractivity contribution >= 4 is 0 Å². The van der Waals surface area contributed by atoms with E-state index in [1.807, 2.05) is 0 Å². The highest BCUT2D eigenvalue weighted by Gasteiger charge is 2.18. The summed E-state index contributed by atoms with van der Waals surface area (Å²) in [5.41, 5.74) is 1.29. The molecular formula is C16H30N4. The summed E-state index contributed by atoms with van der Waals surface area (Å²) in [6, 6.07) is 1.60. The molecule has 0 saturated carbocycles. The Morgan fingerprint density at radius 1 is 1.25 bits per heavy atom. The molecule has 4 nitrogen and oxygen atoms in total. The molecular weight excluding hydrogens is 248 g/mol. The van der Waals surface area contributed by atoms with Crippen LogP contribution in [0.15, 0.2) is 23.9 Å². The minimum Gasteiger partial charge on any atom is -0.384 e. The molecule has 2 heterocycles. The lowest BCUT2D eigenvalue weighted by molar-refractivity contribution is 0.323. The topological polar surface area (TPSA) is 48.1 Å². The summed E-state index contributed by atoms with van der Waals surface area (Å²) in [7, 11) is 0. The van der Waals surface area contributed by atoms with Crippen LogP contribution < -0.4 is 21.3 Å². The van der Waals surface area contributed by atoms with Crippen molar-refractivity contribution in [1.29, 1.82) is 0 Å². The third-order valence-electron chi connectivity index (χ3n) is 4.30. The zero-order valence-electron chi connectivity index (χ0n) is 12.9. The molecule has 2 aliphatic rings. The maximum absolute atomic E-state index is 3.63. The number of nitrogens with one attached hydrogen (secondary N) is 4. The van der Waals surface area contributed by atoms with Crippen LogP contribution in [-0.4, -0.2) is 44.3 Å².